The average Bonchev–Trinajstić information content (AvgIpc) is 2.73. The van der Waals surface area contributed by atoms with E-state index in [2.05, 4.69) is 39.4 Å². The van der Waals surface area contributed by atoms with E-state index >= 15 is 0 Å². The normalized spacial score (nSPS) is 25.2. The Kier molecular flexibility index (Phi) is 2.93. The highest BCUT2D eigenvalue weighted by atomic mass is 79.9. The van der Waals surface area contributed by atoms with Gasteiger partial charge in [-0.25, -0.2) is 0 Å². The summed E-state index contributed by atoms with van der Waals surface area (Å²) in [6, 6.07) is 6.71. The maximum Gasteiger partial charge on any atom is 0.0387 e. The van der Waals surface area contributed by atoms with Gasteiger partial charge in [-0.15, -0.1) is 0 Å². The third-order valence-corrected chi connectivity index (χ3v) is 4.64. The second-order valence-electron chi connectivity index (χ2n) is 5.12. The molecule has 1 fully saturated rings. The molecular weight excluding hydrogens is 262 g/mol. The zero-order valence-corrected chi connectivity index (χ0v) is 11.1. The van der Waals surface area contributed by atoms with Crippen LogP contribution in [0.2, 0.25) is 0 Å². The number of anilines is 1. The van der Waals surface area contributed by atoms with E-state index in [0.29, 0.717) is 0 Å². The maximum absolute atomic E-state index is 3.56. The molecule has 2 heteroatoms. The van der Waals surface area contributed by atoms with Crippen molar-refractivity contribution in [3.05, 3.63) is 28.2 Å². The van der Waals surface area contributed by atoms with Gasteiger partial charge in [-0.05, 0) is 36.5 Å². The molecule has 86 valence electrons. The van der Waals surface area contributed by atoms with E-state index in [1.54, 1.807) is 5.56 Å². The molecule has 3 rings (SSSR count). The second kappa shape index (κ2) is 4.40. The number of fused-ring (bicyclic) bond motifs is 1. The number of halogens is 1. The largest absolute Gasteiger partial charge is 0.384 e. The first-order valence-corrected chi connectivity index (χ1v) is 7.17. The van der Waals surface area contributed by atoms with Gasteiger partial charge in [0.1, 0.15) is 0 Å². The number of benzene rings is 1. The van der Waals surface area contributed by atoms with Crippen LogP contribution < -0.4 is 5.32 Å². The van der Waals surface area contributed by atoms with E-state index in [1.165, 1.54) is 42.3 Å². The highest BCUT2D eigenvalue weighted by Gasteiger charge is 2.30. The molecule has 1 heterocycles. The SMILES string of the molecule is Brc1ccc2c(c1)NCC2C1CCCCC1. The Bertz CT molecular complexity index is 382. The summed E-state index contributed by atoms with van der Waals surface area (Å²) in [5.74, 6) is 1.69. The van der Waals surface area contributed by atoms with Gasteiger partial charge >= 0.3 is 0 Å². The van der Waals surface area contributed by atoms with Gasteiger partial charge in [-0.2, -0.15) is 0 Å². The van der Waals surface area contributed by atoms with Crippen LogP contribution in [0.1, 0.15) is 43.6 Å². The molecule has 0 amide bonds. The summed E-state index contributed by atoms with van der Waals surface area (Å²) in [6.45, 7) is 1.15. The molecule has 2 aliphatic rings. The van der Waals surface area contributed by atoms with Crippen molar-refractivity contribution >= 4 is 21.6 Å². The smallest absolute Gasteiger partial charge is 0.0387 e. The lowest BCUT2D eigenvalue weighted by molar-refractivity contribution is 0.316. The summed E-state index contributed by atoms with van der Waals surface area (Å²) in [5, 5.41) is 3.56. The van der Waals surface area contributed by atoms with Crippen LogP contribution in [0.25, 0.3) is 0 Å². The van der Waals surface area contributed by atoms with Crippen molar-refractivity contribution in [1.29, 1.82) is 0 Å². The molecule has 1 aliphatic heterocycles. The number of rotatable bonds is 1. The third-order valence-electron chi connectivity index (χ3n) is 4.15. The van der Waals surface area contributed by atoms with Crippen molar-refractivity contribution in [1.82, 2.24) is 0 Å². The average molecular weight is 280 g/mol. The molecule has 1 saturated carbocycles. The molecule has 0 bridgehead atoms. The van der Waals surface area contributed by atoms with E-state index < -0.39 is 0 Å². The van der Waals surface area contributed by atoms with Crippen LogP contribution in [0.4, 0.5) is 5.69 Å². The van der Waals surface area contributed by atoms with Crippen molar-refractivity contribution < 1.29 is 0 Å². The first kappa shape index (κ1) is 10.6. The Labute approximate surface area is 106 Å². The van der Waals surface area contributed by atoms with Crippen molar-refractivity contribution in [2.75, 3.05) is 11.9 Å². The van der Waals surface area contributed by atoms with Gasteiger partial charge in [0.2, 0.25) is 0 Å². The zero-order valence-electron chi connectivity index (χ0n) is 9.51. The lowest BCUT2D eigenvalue weighted by Crippen LogP contribution is -2.17. The molecule has 1 N–H and O–H groups in total. The lowest BCUT2D eigenvalue weighted by atomic mass is 9.78. The number of nitrogens with one attached hydrogen (secondary N) is 1. The van der Waals surface area contributed by atoms with Gasteiger partial charge in [0.15, 0.2) is 0 Å². The van der Waals surface area contributed by atoms with Crippen LogP contribution in [0.5, 0.6) is 0 Å². The summed E-state index contributed by atoms with van der Waals surface area (Å²) in [4.78, 5) is 0. The predicted molar refractivity (Wildman–Crippen MR) is 71.9 cm³/mol. The van der Waals surface area contributed by atoms with E-state index in [9.17, 15) is 0 Å². The Morgan fingerprint density at radius 1 is 1.12 bits per heavy atom. The second-order valence-corrected chi connectivity index (χ2v) is 6.03. The van der Waals surface area contributed by atoms with Crippen LogP contribution in [-0.2, 0) is 0 Å². The first-order chi connectivity index (χ1) is 7.84. The summed E-state index contributed by atoms with van der Waals surface area (Å²) < 4.78 is 1.18. The van der Waals surface area contributed by atoms with Crippen LogP contribution in [0.15, 0.2) is 22.7 Å². The highest BCUT2D eigenvalue weighted by molar-refractivity contribution is 9.10. The quantitative estimate of drug-likeness (QED) is 0.796. The van der Waals surface area contributed by atoms with Gasteiger partial charge < -0.3 is 5.32 Å². The van der Waals surface area contributed by atoms with Crippen molar-refractivity contribution in [3.8, 4) is 0 Å². The van der Waals surface area contributed by atoms with Crippen molar-refractivity contribution in [3.63, 3.8) is 0 Å². The van der Waals surface area contributed by atoms with E-state index in [1.807, 2.05) is 0 Å². The van der Waals surface area contributed by atoms with Crippen LogP contribution in [0, 0.1) is 5.92 Å². The van der Waals surface area contributed by atoms with Crippen molar-refractivity contribution in [2.24, 2.45) is 5.92 Å². The first-order valence-electron chi connectivity index (χ1n) is 6.38. The Balaban J connectivity index is 1.84. The minimum Gasteiger partial charge on any atom is -0.384 e. The standard InChI is InChI=1S/C14H18BrN/c15-11-6-7-12-13(9-16-14(12)8-11)10-4-2-1-3-5-10/h6-8,10,13,16H,1-5,9H2. The molecule has 1 aliphatic carbocycles. The molecule has 1 unspecified atom stereocenters. The number of hydrogen-bond acceptors (Lipinski definition) is 1. The number of hydrogen-bond donors (Lipinski definition) is 1. The van der Waals surface area contributed by atoms with Crippen LogP contribution in [-0.4, -0.2) is 6.54 Å². The summed E-state index contributed by atoms with van der Waals surface area (Å²) >= 11 is 3.54. The fraction of sp³-hybridized carbons (Fsp3) is 0.571. The van der Waals surface area contributed by atoms with Crippen LogP contribution in [0.3, 0.4) is 0 Å². The molecular formula is C14H18BrN. The molecule has 0 aromatic heterocycles. The summed E-state index contributed by atoms with van der Waals surface area (Å²) in [7, 11) is 0. The Hall–Kier alpha value is -0.500. The topological polar surface area (TPSA) is 12.0 Å². The Morgan fingerprint density at radius 3 is 2.75 bits per heavy atom. The van der Waals surface area contributed by atoms with Gasteiger partial charge in [0, 0.05) is 22.6 Å². The monoisotopic (exact) mass is 279 g/mol. The fourth-order valence-electron chi connectivity index (χ4n) is 3.29. The minimum absolute atomic E-state index is 0.767. The molecule has 0 spiro atoms. The fourth-order valence-corrected chi connectivity index (χ4v) is 3.65. The molecule has 0 radical (unpaired) electrons. The minimum atomic E-state index is 0.767. The third kappa shape index (κ3) is 1.88. The molecule has 16 heavy (non-hydrogen) atoms. The van der Waals surface area contributed by atoms with Crippen molar-refractivity contribution in [2.45, 2.75) is 38.0 Å². The van der Waals surface area contributed by atoms with E-state index in [0.717, 1.165) is 18.4 Å². The van der Waals surface area contributed by atoms with E-state index in [4.69, 9.17) is 0 Å². The zero-order chi connectivity index (χ0) is 11.0. The predicted octanol–water partition coefficient (Wildman–Crippen LogP) is 4.54. The molecule has 1 aromatic rings. The molecule has 1 atom stereocenters. The molecule has 0 saturated heterocycles. The summed E-state index contributed by atoms with van der Waals surface area (Å²) in [6.07, 6.45) is 7.19. The van der Waals surface area contributed by atoms with Gasteiger partial charge in [-0.1, -0.05) is 41.3 Å². The summed E-state index contributed by atoms with van der Waals surface area (Å²) in [5.41, 5.74) is 2.90. The Morgan fingerprint density at radius 2 is 1.94 bits per heavy atom. The molecule has 1 nitrogen and oxygen atoms in total. The highest BCUT2D eigenvalue weighted by Crippen LogP contribution is 2.42. The molecule has 1 aromatic carbocycles. The van der Waals surface area contributed by atoms with Crippen LogP contribution >= 0.6 is 15.9 Å². The van der Waals surface area contributed by atoms with Gasteiger partial charge in [-0.3, -0.25) is 0 Å². The van der Waals surface area contributed by atoms with Gasteiger partial charge in [0.25, 0.3) is 0 Å². The maximum atomic E-state index is 3.56. The van der Waals surface area contributed by atoms with Gasteiger partial charge in [0.05, 0.1) is 0 Å². The lowest BCUT2D eigenvalue weighted by Gasteiger charge is -2.27. The van der Waals surface area contributed by atoms with E-state index in [-0.39, 0.29) is 0 Å².